The highest BCUT2D eigenvalue weighted by Crippen LogP contribution is 2.38. The third-order valence-corrected chi connectivity index (χ3v) is 4.34. The molecule has 0 aliphatic heterocycles. The first-order valence-electron chi connectivity index (χ1n) is 8.52. The Labute approximate surface area is 167 Å². The number of hydrogen-bond acceptors (Lipinski definition) is 5. The van der Waals surface area contributed by atoms with Gasteiger partial charge in [-0.15, -0.1) is 5.10 Å². The molecule has 8 nitrogen and oxygen atoms in total. The summed E-state index contributed by atoms with van der Waals surface area (Å²) < 4.78 is 44.6. The molecule has 0 fully saturated rings. The number of nitrogens with one attached hydrogen (secondary N) is 1. The number of rotatable bonds is 4. The summed E-state index contributed by atoms with van der Waals surface area (Å²) in [4.78, 5) is 13.3. The Morgan fingerprint density at radius 2 is 1.93 bits per heavy atom. The van der Waals surface area contributed by atoms with E-state index in [9.17, 15) is 18.0 Å². The van der Waals surface area contributed by atoms with Gasteiger partial charge in [-0.05, 0) is 52.4 Å². The number of nitrogens with two attached hydrogens (primary N) is 1. The fourth-order valence-corrected chi connectivity index (χ4v) is 3.01. The van der Waals surface area contributed by atoms with Gasteiger partial charge in [0.1, 0.15) is 0 Å². The number of halogens is 3. The second-order valence-corrected chi connectivity index (χ2v) is 6.22. The van der Waals surface area contributed by atoms with Crippen LogP contribution < -0.4 is 10.6 Å². The van der Waals surface area contributed by atoms with Gasteiger partial charge in [-0.3, -0.25) is 4.90 Å². The molecule has 4 aromatic rings. The predicted octanol–water partition coefficient (Wildman–Crippen LogP) is 4.36. The zero-order chi connectivity index (χ0) is 21.3. The lowest BCUT2D eigenvalue weighted by Gasteiger charge is -2.24. The van der Waals surface area contributed by atoms with Crippen molar-refractivity contribution in [3.05, 3.63) is 66.6 Å². The maximum Gasteiger partial charge on any atom is 0.416 e. The lowest BCUT2D eigenvalue weighted by atomic mass is 10.0. The molecule has 11 heteroatoms. The highest BCUT2D eigenvalue weighted by Gasteiger charge is 2.32. The van der Waals surface area contributed by atoms with Crippen molar-refractivity contribution in [1.29, 1.82) is 0 Å². The molecule has 2 heterocycles. The molecular formula is C19H13F3N6O2. The SMILES string of the molecule is NC(=O)N(c1cccc(C(F)(F)F)c1)c1ccc(-c2ccoc2)cc1-c1nnn[nH]1. The van der Waals surface area contributed by atoms with Crippen LogP contribution in [-0.4, -0.2) is 26.7 Å². The number of carbonyl (C=O) groups is 1. The Morgan fingerprint density at radius 3 is 2.57 bits per heavy atom. The van der Waals surface area contributed by atoms with Gasteiger partial charge in [-0.1, -0.05) is 12.1 Å². The number of aromatic nitrogens is 4. The number of tetrazole rings is 1. The van der Waals surface area contributed by atoms with E-state index in [1.165, 1.54) is 24.7 Å². The van der Waals surface area contributed by atoms with Gasteiger partial charge >= 0.3 is 12.2 Å². The van der Waals surface area contributed by atoms with Crippen molar-refractivity contribution in [2.75, 3.05) is 4.90 Å². The van der Waals surface area contributed by atoms with E-state index in [0.29, 0.717) is 11.1 Å². The summed E-state index contributed by atoms with van der Waals surface area (Å²) in [5.74, 6) is 0.202. The van der Waals surface area contributed by atoms with Crippen LogP contribution in [0.5, 0.6) is 0 Å². The van der Waals surface area contributed by atoms with Gasteiger partial charge in [-0.25, -0.2) is 9.89 Å². The number of alkyl halides is 3. The van der Waals surface area contributed by atoms with E-state index in [-0.39, 0.29) is 17.2 Å². The summed E-state index contributed by atoms with van der Waals surface area (Å²) in [6.07, 6.45) is -1.56. The zero-order valence-electron chi connectivity index (χ0n) is 15.1. The molecule has 0 radical (unpaired) electrons. The third kappa shape index (κ3) is 3.60. The van der Waals surface area contributed by atoms with Crippen LogP contribution in [0.15, 0.2) is 65.5 Å². The van der Waals surface area contributed by atoms with Crippen molar-refractivity contribution in [1.82, 2.24) is 20.6 Å². The minimum atomic E-state index is -4.58. The minimum absolute atomic E-state index is 0.0536. The first-order chi connectivity index (χ1) is 14.3. The van der Waals surface area contributed by atoms with Gasteiger partial charge in [0.05, 0.1) is 29.5 Å². The van der Waals surface area contributed by atoms with Crippen LogP contribution in [0.4, 0.5) is 29.3 Å². The van der Waals surface area contributed by atoms with Crippen LogP contribution in [0.1, 0.15) is 5.56 Å². The second kappa shape index (κ2) is 7.35. The number of hydrogen-bond donors (Lipinski definition) is 2. The van der Waals surface area contributed by atoms with Crippen LogP contribution in [-0.2, 0) is 6.18 Å². The molecule has 0 saturated carbocycles. The summed E-state index contributed by atoms with van der Waals surface area (Å²) in [6, 6.07) is 9.96. The van der Waals surface area contributed by atoms with Crippen LogP contribution in [0.2, 0.25) is 0 Å². The molecule has 0 aliphatic carbocycles. The summed E-state index contributed by atoms with van der Waals surface area (Å²) in [5, 5.41) is 13.5. The number of anilines is 2. The van der Waals surface area contributed by atoms with Crippen molar-refractivity contribution in [2.24, 2.45) is 5.73 Å². The molecule has 0 aliphatic rings. The molecule has 2 aromatic heterocycles. The monoisotopic (exact) mass is 414 g/mol. The van der Waals surface area contributed by atoms with Gasteiger partial charge in [0.25, 0.3) is 0 Å². The summed E-state index contributed by atoms with van der Waals surface area (Å²) in [6.45, 7) is 0. The molecule has 0 unspecified atom stereocenters. The molecule has 0 saturated heterocycles. The largest absolute Gasteiger partial charge is 0.472 e. The molecule has 30 heavy (non-hydrogen) atoms. The van der Waals surface area contributed by atoms with E-state index in [1.807, 2.05) is 0 Å². The summed E-state index contributed by atoms with van der Waals surface area (Å²) >= 11 is 0. The van der Waals surface area contributed by atoms with Crippen LogP contribution >= 0.6 is 0 Å². The van der Waals surface area contributed by atoms with Crippen molar-refractivity contribution in [2.45, 2.75) is 6.18 Å². The Hall–Kier alpha value is -4.15. The Kier molecular flexibility index (Phi) is 4.70. The number of furan rings is 1. The van der Waals surface area contributed by atoms with Crippen LogP contribution in [0.25, 0.3) is 22.5 Å². The van der Waals surface area contributed by atoms with E-state index < -0.39 is 17.8 Å². The zero-order valence-corrected chi connectivity index (χ0v) is 15.1. The summed E-state index contributed by atoms with van der Waals surface area (Å²) in [7, 11) is 0. The van der Waals surface area contributed by atoms with E-state index in [2.05, 4.69) is 20.6 Å². The van der Waals surface area contributed by atoms with Crippen molar-refractivity contribution >= 4 is 17.4 Å². The van der Waals surface area contributed by atoms with E-state index >= 15 is 0 Å². The van der Waals surface area contributed by atoms with E-state index in [0.717, 1.165) is 22.6 Å². The van der Waals surface area contributed by atoms with Gasteiger partial charge in [0.15, 0.2) is 5.82 Å². The molecule has 4 rings (SSSR count). The second-order valence-electron chi connectivity index (χ2n) is 6.22. The fourth-order valence-electron chi connectivity index (χ4n) is 3.01. The van der Waals surface area contributed by atoms with Crippen LogP contribution in [0.3, 0.4) is 0 Å². The molecule has 2 amide bonds. The van der Waals surface area contributed by atoms with Gasteiger partial charge < -0.3 is 10.2 Å². The number of carbonyl (C=O) groups excluding carboxylic acids is 1. The topological polar surface area (TPSA) is 114 Å². The standard InChI is InChI=1S/C19H13F3N6O2/c20-19(21,22)13-2-1-3-14(9-13)28(18(23)29)16-5-4-11(12-6-7-30-10-12)8-15(16)17-24-26-27-25-17/h1-10H,(H2,23,29)(H,24,25,26,27). The number of aromatic amines is 1. The first kappa shape index (κ1) is 19.2. The van der Waals surface area contributed by atoms with E-state index in [4.69, 9.17) is 10.2 Å². The first-order valence-corrected chi connectivity index (χ1v) is 8.52. The lowest BCUT2D eigenvalue weighted by Crippen LogP contribution is -2.32. The molecule has 152 valence electrons. The van der Waals surface area contributed by atoms with Crippen LogP contribution in [0, 0.1) is 0 Å². The van der Waals surface area contributed by atoms with Gasteiger partial charge in [0.2, 0.25) is 0 Å². The average molecular weight is 414 g/mol. The fraction of sp³-hybridized carbons (Fsp3) is 0.0526. The Balaban J connectivity index is 1.89. The van der Waals surface area contributed by atoms with E-state index in [1.54, 1.807) is 24.3 Å². The molecule has 0 bridgehead atoms. The number of nitrogens with zero attached hydrogens (tertiary/aromatic N) is 4. The molecule has 2 aromatic carbocycles. The van der Waals surface area contributed by atoms with Crippen molar-refractivity contribution in [3.63, 3.8) is 0 Å². The maximum absolute atomic E-state index is 13.2. The number of primary amides is 1. The lowest BCUT2D eigenvalue weighted by molar-refractivity contribution is -0.137. The Morgan fingerprint density at radius 1 is 1.10 bits per heavy atom. The molecule has 0 atom stereocenters. The normalized spacial score (nSPS) is 11.4. The van der Waals surface area contributed by atoms with Crippen molar-refractivity contribution in [3.8, 4) is 22.5 Å². The third-order valence-electron chi connectivity index (χ3n) is 4.34. The van der Waals surface area contributed by atoms with Gasteiger partial charge in [-0.2, -0.15) is 13.2 Å². The summed E-state index contributed by atoms with van der Waals surface area (Å²) in [5.41, 5.74) is 6.60. The predicted molar refractivity (Wildman–Crippen MR) is 100 cm³/mol. The quantitative estimate of drug-likeness (QED) is 0.515. The number of benzene rings is 2. The molecule has 3 N–H and O–H groups in total. The highest BCUT2D eigenvalue weighted by molar-refractivity contribution is 6.02. The van der Waals surface area contributed by atoms with Gasteiger partial charge in [0, 0.05) is 11.1 Å². The highest BCUT2D eigenvalue weighted by atomic mass is 19.4. The number of urea groups is 1. The van der Waals surface area contributed by atoms with Crippen molar-refractivity contribution < 1.29 is 22.4 Å². The molecule has 0 spiro atoms. The molecular weight excluding hydrogens is 401 g/mol. The smallest absolute Gasteiger partial charge is 0.416 e. The number of H-pyrrole nitrogens is 1. The minimum Gasteiger partial charge on any atom is -0.472 e. The number of amides is 2. The maximum atomic E-state index is 13.2. The average Bonchev–Trinajstić information content (AvgIpc) is 3.42. The Bertz CT molecular complexity index is 1170.